The average Bonchev–Trinajstić information content (AvgIpc) is 3.50. The summed E-state index contributed by atoms with van der Waals surface area (Å²) in [7, 11) is 0. The van der Waals surface area contributed by atoms with Crippen molar-refractivity contribution in [3.8, 4) is 28.0 Å². The normalized spacial score (nSPS) is 10.8. The number of rotatable bonds is 5. The second-order valence-corrected chi connectivity index (χ2v) is 8.53. The Morgan fingerprint density at radius 3 is 2.55 bits per heavy atom. The molecule has 0 radical (unpaired) electrons. The number of esters is 1. The van der Waals surface area contributed by atoms with Crippen LogP contribution in [0.5, 0.6) is 0 Å². The van der Waals surface area contributed by atoms with Crippen LogP contribution in [0.1, 0.15) is 21.6 Å². The van der Waals surface area contributed by atoms with Crippen molar-refractivity contribution in [2.75, 3.05) is 0 Å². The highest BCUT2D eigenvalue weighted by Gasteiger charge is 2.13. The smallest absolute Gasteiger partial charge is 0.338 e. The van der Waals surface area contributed by atoms with E-state index in [2.05, 4.69) is 21.0 Å². The fraction of sp³-hybridized carbons (Fsp3) is 0.0400. The molecule has 0 atom stereocenters. The van der Waals surface area contributed by atoms with E-state index in [1.807, 2.05) is 29.6 Å². The second kappa shape index (κ2) is 8.87. The van der Waals surface area contributed by atoms with Crippen molar-refractivity contribution in [1.29, 1.82) is 5.26 Å². The van der Waals surface area contributed by atoms with Crippen molar-refractivity contribution in [3.05, 3.63) is 94.0 Å². The van der Waals surface area contributed by atoms with E-state index in [0.29, 0.717) is 27.7 Å². The van der Waals surface area contributed by atoms with Gasteiger partial charge in [-0.15, -0.1) is 11.3 Å². The Hall–Kier alpha value is -3.99. The molecule has 0 fully saturated rings. The summed E-state index contributed by atoms with van der Waals surface area (Å²) in [5, 5.41) is 12.2. The number of hydrogen-bond donors (Lipinski definition) is 1. The van der Waals surface area contributed by atoms with E-state index in [0.717, 1.165) is 27.2 Å². The summed E-state index contributed by atoms with van der Waals surface area (Å²) in [5.74, 6) is 0.262. The van der Waals surface area contributed by atoms with Crippen molar-refractivity contribution in [2.45, 2.75) is 6.61 Å². The summed E-state index contributed by atoms with van der Waals surface area (Å²) in [6, 6.07) is 21.9. The largest absolute Gasteiger partial charge is 0.456 e. The van der Waals surface area contributed by atoms with Gasteiger partial charge in [-0.25, -0.2) is 14.8 Å². The molecular formula is C25H15ClN4O2S. The summed E-state index contributed by atoms with van der Waals surface area (Å²) in [6.45, 7) is 0.0721. The number of nitriles is 1. The van der Waals surface area contributed by atoms with Gasteiger partial charge in [-0.05, 0) is 54.6 Å². The number of fused-ring (bicyclic) bond motifs is 1. The number of halogens is 1. The van der Waals surface area contributed by atoms with Gasteiger partial charge in [0.2, 0.25) is 0 Å². The Morgan fingerprint density at radius 2 is 1.79 bits per heavy atom. The Balaban J connectivity index is 1.28. The Kier molecular flexibility index (Phi) is 5.61. The van der Waals surface area contributed by atoms with Crippen molar-refractivity contribution < 1.29 is 9.53 Å². The van der Waals surface area contributed by atoms with Gasteiger partial charge in [-0.3, -0.25) is 0 Å². The maximum absolute atomic E-state index is 12.6. The molecule has 6 nitrogen and oxygen atoms in total. The van der Waals surface area contributed by atoms with Crippen LogP contribution >= 0.6 is 22.9 Å². The van der Waals surface area contributed by atoms with E-state index in [1.165, 1.54) is 11.3 Å². The van der Waals surface area contributed by atoms with Crippen molar-refractivity contribution in [1.82, 2.24) is 15.0 Å². The van der Waals surface area contributed by atoms with E-state index in [9.17, 15) is 4.79 Å². The molecule has 0 spiro atoms. The lowest BCUT2D eigenvalue weighted by atomic mass is 10.1. The number of aromatic nitrogens is 3. The molecule has 2 heterocycles. The molecule has 5 aromatic rings. The fourth-order valence-electron chi connectivity index (χ4n) is 3.30. The Bertz CT molecular complexity index is 1500. The zero-order valence-electron chi connectivity index (χ0n) is 17.1. The number of carbonyl (C=O) groups is 1. The zero-order chi connectivity index (χ0) is 22.8. The summed E-state index contributed by atoms with van der Waals surface area (Å²) >= 11 is 7.41. The first-order valence-electron chi connectivity index (χ1n) is 9.97. The standard InChI is InChI=1S/C25H15ClN4O2S/c26-19-8-5-16(6-9-19)23-29-21-10-7-18(11-22(21)30-23)25(31)32-13-20-14-33-24(28-20)17-3-1-15(12-27)2-4-17/h1-11,14H,13H2,(H,29,30). The number of aromatic amines is 1. The molecule has 1 N–H and O–H groups in total. The molecule has 160 valence electrons. The number of benzene rings is 3. The summed E-state index contributed by atoms with van der Waals surface area (Å²) in [5.41, 5.74) is 5.00. The first-order chi connectivity index (χ1) is 16.1. The number of carbonyl (C=O) groups excluding carboxylic acids is 1. The average molecular weight is 471 g/mol. The molecule has 0 bridgehead atoms. The van der Waals surface area contributed by atoms with Gasteiger partial charge >= 0.3 is 5.97 Å². The monoisotopic (exact) mass is 470 g/mol. The fourth-order valence-corrected chi connectivity index (χ4v) is 4.23. The van der Waals surface area contributed by atoms with E-state index in [-0.39, 0.29) is 6.61 Å². The van der Waals surface area contributed by atoms with Crippen LogP contribution in [0, 0.1) is 11.3 Å². The van der Waals surface area contributed by atoms with Gasteiger partial charge in [0.05, 0.1) is 33.9 Å². The molecular weight excluding hydrogens is 456 g/mol. The predicted octanol–water partition coefficient (Wildman–Crippen LogP) is 6.24. The molecule has 0 aliphatic rings. The molecule has 0 aliphatic heterocycles. The number of hydrogen-bond acceptors (Lipinski definition) is 6. The van der Waals surface area contributed by atoms with Crippen LogP contribution in [0.25, 0.3) is 33.0 Å². The minimum atomic E-state index is -0.438. The van der Waals surface area contributed by atoms with E-state index in [1.54, 1.807) is 42.5 Å². The first kappa shape index (κ1) is 20.9. The predicted molar refractivity (Wildman–Crippen MR) is 128 cm³/mol. The zero-order valence-corrected chi connectivity index (χ0v) is 18.7. The third-order valence-corrected chi connectivity index (χ3v) is 6.19. The molecule has 0 amide bonds. The molecule has 2 aromatic heterocycles. The summed E-state index contributed by atoms with van der Waals surface area (Å²) < 4.78 is 5.47. The first-order valence-corrected chi connectivity index (χ1v) is 11.2. The number of ether oxygens (including phenoxy) is 1. The third kappa shape index (κ3) is 4.48. The van der Waals surface area contributed by atoms with Crippen LogP contribution in [0.2, 0.25) is 5.02 Å². The molecule has 0 saturated carbocycles. The maximum atomic E-state index is 12.6. The quantitative estimate of drug-likeness (QED) is 0.307. The minimum Gasteiger partial charge on any atom is -0.456 e. The molecule has 0 saturated heterocycles. The van der Waals surface area contributed by atoms with Crippen LogP contribution in [0.15, 0.2) is 72.1 Å². The number of thiazole rings is 1. The maximum Gasteiger partial charge on any atom is 0.338 e. The van der Waals surface area contributed by atoms with Gasteiger partial charge in [-0.2, -0.15) is 5.26 Å². The molecule has 0 unspecified atom stereocenters. The van der Waals surface area contributed by atoms with Crippen LogP contribution in [0.4, 0.5) is 0 Å². The van der Waals surface area contributed by atoms with Gasteiger partial charge in [-0.1, -0.05) is 23.7 Å². The van der Waals surface area contributed by atoms with E-state index in [4.69, 9.17) is 21.6 Å². The number of H-pyrrole nitrogens is 1. The molecule has 8 heteroatoms. The summed E-state index contributed by atoms with van der Waals surface area (Å²) in [4.78, 5) is 24.9. The Labute approximate surface area is 198 Å². The third-order valence-electron chi connectivity index (χ3n) is 5.00. The molecule has 3 aromatic carbocycles. The Morgan fingerprint density at radius 1 is 1.03 bits per heavy atom. The highest BCUT2D eigenvalue weighted by molar-refractivity contribution is 7.13. The van der Waals surface area contributed by atoms with Crippen LogP contribution < -0.4 is 0 Å². The second-order valence-electron chi connectivity index (χ2n) is 7.23. The lowest BCUT2D eigenvalue weighted by Gasteiger charge is -2.03. The summed E-state index contributed by atoms with van der Waals surface area (Å²) in [6.07, 6.45) is 0. The molecule has 33 heavy (non-hydrogen) atoms. The lowest BCUT2D eigenvalue weighted by molar-refractivity contribution is 0.0468. The highest BCUT2D eigenvalue weighted by Crippen LogP contribution is 2.25. The lowest BCUT2D eigenvalue weighted by Crippen LogP contribution is -2.05. The van der Waals surface area contributed by atoms with Crippen LogP contribution in [0.3, 0.4) is 0 Å². The van der Waals surface area contributed by atoms with Crippen molar-refractivity contribution in [3.63, 3.8) is 0 Å². The van der Waals surface area contributed by atoms with Gasteiger partial charge in [0.25, 0.3) is 0 Å². The van der Waals surface area contributed by atoms with E-state index >= 15 is 0 Å². The topological polar surface area (TPSA) is 91.7 Å². The number of nitrogens with one attached hydrogen (secondary N) is 1. The number of imidazole rings is 1. The van der Waals surface area contributed by atoms with Crippen LogP contribution in [-0.2, 0) is 11.3 Å². The van der Waals surface area contributed by atoms with Crippen molar-refractivity contribution >= 4 is 39.9 Å². The highest BCUT2D eigenvalue weighted by atomic mass is 35.5. The van der Waals surface area contributed by atoms with E-state index < -0.39 is 5.97 Å². The molecule has 5 rings (SSSR count). The van der Waals surface area contributed by atoms with Gasteiger partial charge < -0.3 is 9.72 Å². The van der Waals surface area contributed by atoms with Gasteiger partial charge in [0, 0.05) is 21.5 Å². The van der Waals surface area contributed by atoms with Gasteiger partial charge in [0.1, 0.15) is 17.4 Å². The van der Waals surface area contributed by atoms with Crippen LogP contribution in [-0.4, -0.2) is 20.9 Å². The minimum absolute atomic E-state index is 0.0721. The number of nitrogens with zero attached hydrogens (tertiary/aromatic N) is 3. The SMILES string of the molecule is N#Cc1ccc(-c2nc(COC(=O)c3ccc4nc(-c5ccc(Cl)cc5)[nH]c4c3)cs2)cc1. The van der Waals surface area contributed by atoms with Crippen molar-refractivity contribution in [2.24, 2.45) is 0 Å². The molecule has 0 aliphatic carbocycles. The van der Waals surface area contributed by atoms with Gasteiger partial charge in [0.15, 0.2) is 0 Å².